The summed E-state index contributed by atoms with van der Waals surface area (Å²) in [5.74, 6) is 0. The van der Waals surface area contributed by atoms with Crippen LogP contribution in [0.3, 0.4) is 0 Å². The van der Waals surface area contributed by atoms with Crippen LogP contribution in [0.5, 0.6) is 0 Å². The average Bonchev–Trinajstić information content (AvgIpc) is 2.29. The minimum Gasteiger partial charge on any atom is -0.192 e. The highest BCUT2D eigenvalue weighted by Gasteiger charge is 2.11. The second kappa shape index (κ2) is 4.57. The lowest BCUT2D eigenvalue weighted by molar-refractivity contribution is 1.47. The molecule has 0 fully saturated rings. The van der Waals surface area contributed by atoms with Crippen molar-refractivity contribution in [3.63, 3.8) is 0 Å². The van der Waals surface area contributed by atoms with Crippen LogP contribution in [0, 0.1) is 17.4 Å². The Morgan fingerprint density at radius 3 is 2.38 bits per heavy atom. The average molecular weight is 247 g/mol. The molecule has 0 bridgehead atoms. The Hall–Kier alpha value is -1.49. The van der Waals surface area contributed by atoms with Gasteiger partial charge in [-0.25, -0.2) is 0 Å². The molecule has 0 aliphatic heterocycles. The minimum absolute atomic E-state index is 0.442. The topological polar surface area (TPSA) is 23.8 Å². The van der Waals surface area contributed by atoms with Crippen molar-refractivity contribution in [1.82, 2.24) is 0 Å². The quantitative estimate of drug-likeness (QED) is 0.735. The molecule has 0 unspecified atom stereocenters. The molecule has 0 amide bonds. The summed E-state index contributed by atoms with van der Waals surface area (Å²) in [7, 11) is 0. The van der Waals surface area contributed by atoms with E-state index < -0.39 is 0 Å². The lowest BCUT2D eigenvalue weighted by atomic mass is 10.0. The zero-order chi connectivity index (χ0) is 11.5. The van der Waals surface area contributed by atoms with E-state index in [0.717, 1.165) is 0 Å². The number of halogens is 2. The fourth-order valence-electron chi connectivity index (χ4n) is 1.49. The van der Waals surface area contributed by atoms with Gasteiger partial charge < -0.3 is 0 Å². The van der Waals surface area contributed by atoms with Crippen LogP contribution in [0.1, 0.15) is 5.56 Å². The van der Waals surface area contributed by atoms with Crippen molar-refractivity contribution in [3.05, 3.63) is 58.1 Å². The largest absolute Gasteiger partial charge is 0.192 e. The summed E-state index contributed by atoms with van der Waals surface area (Å²) >= 11 is 12.2. The summed E-state index contributed by atoms with van der Waals surface area (Å²) in [5, 5.41) is 10.1. The highest BCUT2D eigenvalue weighted by atomic mass is 35.5. The first-order valence-electron chi connectivity index (χ1n) is 4.59. The van der Waals surface area contributed by atoms with Gasteiger partial charge in [0.2, 0.25) is 0 Å². The van der Waals surface area contributed by atoms with Gasteiger partial charge in [0, 0.05) is 27.2 Å². The monoisotopic (exact) mass is 246 g/mol. The van der Waals surface area contributed by atoms with Crippen molar-refractivity contribution in [1.29, 1.82) is 5.26 Å². The van der Waals surface area contributed by atoms with Crippen molar-refractivity contribution in [2.45, 2.75) is 0 Å². The van der Waals surface area contributed by atoms with E-state index in [4.69, 9.17) is 28.5 Å². The lowest BCUT2D eigenvalue weighted by Crippen LogP contribution is -1.86. The first-order valence-corrected chi connectivity index (χ1v) is 5.35. The summed E-state index contributed by atoms with van der Waals surface area (Å²) in [6.07, 6.45) is 0. The summed E-state index contributed by atoms with van der Waals surface area (Å²) < 4.78 is 0. The molecule has 0 aliphatic rings. The molecule has 2 aromatic rings. The Bertz CT molecular complexity index is 550. The third kappa shape index (κ3) is 1.90. The first kappa shape index (κ1) is 11.0. The molecule has 16 heavy (non-hydrogen) atoms. The second-order valence-corrected chi connectivity index (χ2v) is 3.98. The molecule has 0 aromatic heterocycles. The van der Waals surface area contributed by atoms with Gasteiger partial charge in [0.15, 0.2) is 0 Å². The number of nitriles is 1. The van der Waals surface area contributed by atoms with Crippen LogP contribution in [0.2, 0.25) is 10.0 Å². The van der Waals surface area contributed by atoms with Gasteiger partial charge in [-0.05, 0) is 12.1 Å². The molecule has 0 saturated heterocycles. The van der Waals surface area contributed by atoms with Gasteiger partial charge in [-0.1, -0.05) is 47.5 Å². The minimum atomic E-state index is 0.442. The Morgan fingerprint density at radius 1 is 1.06 bits per heavy atom. The van der Waals surface area contributed by atoms with E-state index in [1.54, 1.807) is 30.3 Å². The zero-order valence-corrected chi connectivity index (χ0v) is 9.68. The van der Waals surface area contributed by atoms with Crippen LogP contribution in [0.15, 0.2) is 36.4 Å². The number of nitrogens with zero attached hydrogens (tertiary/aromatic N) is 1. The molecule has 0 spiro atoms. The van der Waals surface area contributed by atoms with E-state index in [2.05, 4.69) is 12.1 Å². The van der Waals surface area contributed by atoms with Gasteiger partial charge in [-0.2, -0.15) is 5.26 Å². The second-order valence-electron chi connectivity index (χ2n) is 3.17. The molecule has 0 saturated carbocycles. The number of rotatable bonds is 1. The van der Waals surface area contributed by atoms with Crippen molar-refractivity contribution < 1.29 is 0 Å². The van der Waals surface area contributed by atoms with E-state index in [9.17, 15) is 0 Å². The Kier molecular flexibility index (Phi) is 3.14. The van der Waals surface area contributed by atoms with E-state index in [1.807, 2.05) is 6.07 Å². The SMILES string of the molecule is N#Cc1[c]cccc1-c1c(Cl)cccc1Cl. The standard InChI is InChI=1S/C13H6Cl2N/c14-11-6-3-7-12(15)13(11)10-5-2-1-4-9(10)8-16/h1-3,5-7H. The molecule has 0 atom stereocenters. The smallest absolute Gasteiger partial charge is 0.100 e. The molecule has 0 N–H and O–H groups in total. The van der Waals surface area contributed by atoms with Crippen LogP contribution in [0.25, 0.3) is 11.1 Å². The molecule has 2 rings (SSSR count). The zero-order valence-electron chi connectivity index (χ0n) is 8.17. The lowest BCUT2D eigenvalue weighted by Gasteiger charge is -2.08. The van der Waals surface area contributed by atoms with Crippen LogP contribution >= 0.6 is 23.2 Å². The summed E-state index contributed by atoms with van der Waals surface area (Å²) in [4.78, 5) is 0. The number of hydrogen-bond acceptors (Lipinski definition) is 1. The maximum Gasteiger partial charge on any atom is 0.100 e. The van der Waals surface area contributed by atoms with Gasteiger partial charge in [0.1, 0.15) is 6.07 Å². The molecule has 3 heteroatoms. The predicted molar refractivity (Wildman–Crippen MR) is 65.4 cm³/mol. The first-order chi connectivity index (χ1) is 7.74. The Balaban J connectivity index is 2.73. The summed E-state index contributed by atoms with van der Waals surface area (Å²) in [6.45, 7) is 0. The summed E-state index contributed by atoms with van der Waals surface area (Å²) in [6, 6.07) is 15.5. The van der Waals surface area contributed by atoms with Crippen molar-refractivity contribution in [2.75, 3.05) is 0 Å². The van der Waals surface area contributed by atoms with Gasteiger partial charge in [-0.3, -0.25) is 0 Å². The molecule has 77 valence electrons. The molecule has 0 heterocycles. The highest BCUT2D eigenvalue weighted by Crippen LogP contribution is 2.35. The molecule has 1 radical (unpaired) electrons. The van der Waals surface area contributed by atoms with Crippen molar-refractivity contribution in [3.8, 4) is 17.2 Å². The Morgan fingerprint density at radius 2 is 1.75 bits per heavy atom. The van der Waals surface area contributed by atoms with E-state index in [0.29, 0.717) is 26.7 Å². The fourth-order valence-corrected chi connectivity index (χ4v) is 2.09. The Labute approximate surface area is 104 Å². The normalized spacial score (nSPS) is 9.81. The van der Waals surface area contributed by atoms with Crippen molar-refractivity contribution >= 4 is 23.2 Å². The third-order valence-corrected chi connectivity index (χ3v) is 2.83. The van der Waals surface area contributed by atoms with Gasteiger partial charge in [-0.15, -0.1) is 0 Å². The van der Waals surface area contributed by atoms with E-state index >= 15 is 0 Å². The van der Waals surface area contributed by atoms with Crippen LogP contribution in [0.4, 0.5) is 0 Å². The van der Waals surface area contributed by atoms with E-state index in [-0.39, 0.29) is 0 Å². The maximum absolute atomic E-state index is 8.99. The third-order valence-electron chi connectivity index (χ3n) is 2.20. The van der Waals surface area contributed by atoms with Crippen molar-refractivity contribution in [2.24, 2.45) is 0 Å². The van der Waals surface area contributed by atoms with Crippen LogP contribution < -0.4 is 0 Å². The molecular formula is C13H6Cl2N. The molecule has 2 aromatic carbocycles. The summed E-state index contributed by atoms with van der Waals surface area (Å²) in [5.41, 5.74) is 1.83. The van der Waals surface area contributed by atoms with Gasteiger partial charge in [0.05, 0.1) is 5.56 Å². The highest BCUT2D eigenvalue weighted by molar-refractivity contribution is 6.39. The number of hydrogen-bond donors (Lipinski definition) is 0. The fraction of sp³-hybridized carbons (Fsp3) is 0. The predicted octanol–water partition coefficient (Wildman–Crippen LogP) is 4.33. The van der Waals surface area contributed by atoms with E-state index in [1.165, 1.54) is 0 Å². The molecule has 1 nitrogen and oxygen atoms in total. The van der Waals surface area contributed by atoms with Crippen LogP contribution in [-0.4, -0.2) is 0 Å². The number of benzene rings is 2. The maximum atomic E-state index is 8.99. The van der Waals surface area contributed by atoms with Gasteiger partial charge >= 0.3 is 0 Å². The van der Waals surface area contributed by atoms with Crippen LogP contribution in [-0.2, 0) is 0 Å². The van der Waals surface area contributed by atoms with Gasteiger partial charge in [0.25, 0.3) is 0 Å². The molecular weight excluding hydrogens is 241 g/mol. The molecule has 0 aliphatic carbocycles.